The highest BCUT2D eigenvalue weighted by molar-refractivity contribution is 5.85. The van der Waals surface area contributed by atoms with Gasteiger partial charge in [0.25, 0.3) is 0 Å². The van der Waals surface area contributed by atoms with Crippen LogP contribution in [0.2, 0.25) is 0 Å². The topological polar surface area (TPSA) is 46.5 Å². The number of benzene rings is 1. The summed E-state index contributed by atoms with van der Waals surface area (Å²) in [6, 6.07) is 9.81. The lowest BCUT2D eigenvalue weighted by Gasteiger charge is -2.33. The minimum atomic E-state index is -1.19. The molecular weight excluding hydrogens is 240 g/mol. The standard InChI is InChI=1S/C16H20O3/c1-4-19-14(17)15(2)10-13(11-16(15,3)18)12-8-6-5-7-9-12/h5-9,11,18H,4,10H2,1-3H3. The van der Waals surface area contributed by atoms with Crippen LogP contribution in [-0.4, -0.2) is 23.3 Å². The van der Waals surface area contributed by atoms with E-state index in [9.17, 15) is 9.90 Å². The summed E-state index contributed by atoms with van der Waals surface area (Å²) in [6.45, 7) is 5.53. The average molecular weight is 260 g/mol. The van der Waals surface area contributed by atoms with Gasteiger partial charge in [-0.15, -0.1) is 0 Å². The summed E-state index contributed by atoms with van der Waals surface area (Å²) in [5.41, 5.74) is -0.0875. The van der Waals surface area contributed by atoms with E-state index >= 15 is 0 Å². The van der Waals surface area contributed by atoms with Gasteiger partial charge in [0.2, 0.25) is 0 Å². The fraction of sp³-hybridized carbons (Fsp3) is 0.438. The first-order valence-electron chi connectivity index (χ1n) is 6.57. The van der Waals surface area contributed by atoms with Crippen LogP contribution in [0.5, 0.6) is 0 Å². The zero-order chi connectivity index (χ0) is 14.1. The number of carbonyl (C=O) groups is 1. The lowest BCUT2D eigenvalue weighted by Crippen LogP contribution is -2.46. The van der Waals surface area contributed by atoms with Gasteiger partial charge >= 0.3 is 5.97 Å². The quantitative estimate of drug-likeness (QED) is 0.850. The lowest BCUT2D eigenvalue weighted by atomic mass is 9.76. The molecule has 1 aliphatic rings. The molecule has 2 rings (SSSR count). The maximum Gasteiger partial charge on any atom is 0.315 e. The van der Waals surface area contributed by atoms with Gasteiger partial charge in [-0.05, 0) is 44.4 Å². The number of ether oxygens (including phenoxy) is 1. The molecule has 3 nitrogen and oxygen atoms in total. The molecule has 0 radical (unpaired) electrons. The Morgan fingerprint density at radius 2 is 1.95 bits per heavy atom. The highest BCUT2D eigenvalue weighted by atomic mass is 16.5. The first-order valence-corrected chi connectivity index (χ1v) is 6.57. The highest BCUT2D eigenvalue weighted by Crippen LogP contribution is 2.48. The van der Waals surface area contributed by atoms with Crippen LogP contribution in [0.3, 0.4) is 0 Å². The van der Waals surface area contributed by atoms with Crippen molar-refractivity contribution in [3.63, 3.8) is 0 Å². The van der Waals surface area contributed by atoms with E-state index in [0.717, 1.165) is 11.1 Å². The first-order chi connectivity index (χ1) is 8.90. The van der Waals surface area contributed by atoms with Gasteiger partial charge in [0, 0.05) is 0 Å². The van der Waals surface area contributed by atoms with E-state index in [1.807, 2.05) is 30.3 Å². The molecule has 0 saturated heterocycles. The third kappa shape index (κ3) is 2.30. The van der Waals surface area contributed by atoms with Gasteiger partial charge < -0.3 is 9.84 Å². The molecule has 0 aliphatic heterocycles. The zero-order valence-corrected chi connectivity index (χ0v) is 11.6. The Balaban J connectivity index is 2.33. The molecule has 19 heavy (non-hydrogen) atoms. The van der Waals surface area contributed by atoms with E-state index in [1.165, 1.54) is 0 Å². The van der Waals surface area contributed by atoms with E-state index < -0.39 is 11.0 Å². The third-order valence-corrected chi connectivity index (χ3v) is 3.99. The number of allylic oxidation sites excluding steroid dienone is 1. The van der Waals surface area contributed by atoms with Gasteiger partial charge in [0.1, 0.15) is 5.41 Å². The molecule has 0 heterocycles. The molecule has 3 heteroatoms. The SMILES string of the molecule is CCOC(=O)C1(C)CC(c2ccccc2)=CC1(C)O. The van der Waals surface area contributed by atoms with Gasteiger partial charge in [-0.1, -0.05) is 30.3 Å². The molecule has 1 aromatic rings. The molecule has 2 atom stereocenters. The molecule has 0 spiro atoms. The van der Waals surface area contributed by atoms with Crippen molar-refractivity contribution in [1.29, 1.82) is 0 Å². The number of aliphatic hydroxyl groups is 1. The molecule has 0 saturated carbocycles. The van der Waals surface area contributed by atoms with Crippen LogP contribution in [-0.2, 0) is 9.53 Å². The Hall–Kier alpha value is -1.61. The van der Waals surface area contributed by atoms with Crippen LogP contribution in [0, 0.1) is 5.41 Å². The molecule has 1 aliphatic carbocycles. The number of hydrogen-bond acceptors (Lipinski definition) is 3. The van der Waals surface area contributed by atoms with E-state index in [-0.39, 0.29) is 5.97 Å². The van der Waals surface area contributed by atoms with Gasteiger partial charge in [-0.25, -0.2) is 0 Å². The fourth-order valence-electron chi connectivity index (χ4n) is 2.52. The Kier molecular flexibility index (Phi) is 3.50. The van der Waals surface area contributed by atoms with Gasteiger partial charge in [0.15, 0.2) is 0 Å². The Bertz CT molecular complexity index is 502. The summed E-state index contributed by atoms with van der Waals surface area (Å²) < 4.78 is 5.12. The van der Waals surface area contributed by atoms with Gasteiger partial charge in [-0.3, -0.25) is 4.79 Å². The van der Waals surface area contributed by atoms with Crippen LogP contribution in [0.4, 0.5) is 0 Å². The van der Waals surface area contributed by atoms with Crippen molar-refractivity contribution in [2.75, 3.05) is 6.61 Å². The fourth-order valence-corrected chi connectivity index (χ4v) is 2.52. The molecular formula is C16H20O3. The van der Waals surface area contributed by atoms with Crippen LogP contribution in [0.1, 0.15) is 32.8 Å². The summed E-state index contributed by atoms with van der Waals surface area (Å²) in [5.74, 6) is -0.345. The molecule has 0 fully saturated rings. The van der Waals surface area contributed by atoms with Crippen molar-refractivity contribution >= 4 is 11.5 Å². The highest BCUT2D eigenvalue weighted by Gasteiger charge is 2.53. The van der Waals surface area contributed by atoms with E-state index in [2.05, 4.69) is 0 Å². The third-order valence-electron chi connectivity index (χ3n) is 3.99. The summed E-state index contributed by atoms with van der Waals surface area (Å²) >= 11 is 0. The molecule has 102 valence electrons. The van der Waals surface area contributed by atoms with Crippen molar-refractivity contribution in [1.82, 2.24) is 0 Å². The molecule has 0 bridgehead atoms. The van der Waals surface area contributed by atoms with Crippen LogP contribution >= 0.6 is 0 Å². The summed E-state index contributed by atoms with van der Waals surface area (Å²) in [4.78, 5) is 12.1. The molecule has 0 amide bonds. The van der Waals surface area contributed by atoms with Crippen LogP contribution in [0.25, 0.3) is 5.57 Å². The molecule has 0 aromatic heterocycles. The number of carbonyl (C=O) groups excluding carboxylic acids is 1. The number of hydrogen-bond donors (Lipinski definition) is 1. The monoisotopic (exact) mass is 260 g/mol. The molecule has 1 N–H and O–H groups in total. The van der Waals surface area contributed by atoms with Crippen LogP contribution in [0.15, 0.2) is 36.4 Å². The first kappa shape index (κ1) is 13.8. The van der Waals surface area contributed by atoms with Crippen molar-refractivity contribution in [3.05, 3.63) is 42.0 Å². The van der Waals surface area contributed by atoms with Gasteiger partial charge in [-0.2, -0.15) is 0 Å². The predicted molar refractivity (Wildman–Crippen MR) is 74.4 cm³/mol. The molecule has 1 aromatic carbocycles. The van der Waals surface area contributed by atoms with E-state index in [1.54, 1.807) is 26.8 Å². The summed E-state index contributed by atoms with van der Waals surface area (Å²) in [6.07, 6.45) is 2.27. The Morgan fingerprint density at radius 3 is 2.53 bits per heavy atom. The van der Waals surface area contributed by atoms with Crippen molar-refractivity contribution in [2.45, 2.75) is 32.8 Å². The van der Waals surface area contributed by atoms with Crippen molar-refractivity contribution in [3.8, 4) is 0 Å². The summed E-state index contributed by atoms with van der Waals surface area (Å²) in [5, 5.41) is 10.6. The number of esters is 1. The Morgan fingerprint density at radius 1 is 1.32 bits per heavy atom. The molecule has 2 unspecified atom stereocenters. The normalized spacial score (nSPS) is 30.0. The van der Waals surface area contributed by atoms with Crippen molar-refractivity contribution in [2.24, 2.45) is 5.41 Å². The summed E-state index contributed by atoms with van der Waals surface area (Å²) in [7, 11) is 0. The maximum atomic E-state index is 12.1. The second-order valence-electron chi connectivity index (χ2n) is 5.41. The predicted octanol–water partition coefficient (Wildman–Crippen LogP) is 2.79. The second-order valence-corrected chi connectivity index (χ2v) is 5.41. The zero-order valence-electron chi connectivity index (χ0n) is 11.6. The van der Waals surface area contributed by atoms with Gasteiger partial charge in [0.05, 0.1) is 12.2 Å². The smallest absolute Gasteiger partial charge is 0.315 e. The van der Waals surface area contributed by atoms with Crippen molar-refractivity contribution < 1.29 is 14.6 Å². The maximum absolute atomic E-state index is 12.1. The minimum Gasteiger partial charge on any atom is -0.465 e. The lowest BCUT2D eigenvalue weighted by molar-refractivity contribution is -0.164. The number of rotatable bonds is 3. The van der Waals surface area contributed by atoms with Crippen LogP contribution < -0.4 is 0 Å². The largest absolute Gasteiger partial charge is 0.465 e. The second kappa shape index (κ2) is 4.82. The van der Waals surface area contributed by atoms with E-state index in [0.29, 0.717) is 13.0 Å². The average Bonchev–Trinajstić information content (AvgIpc) is 2.63. The minimum absolute atomic E-state index is 0.325. The van der Waals surface area contributed by atoms with E-state index in [4.69, 9.17) is 4.74 Å². The Labute approximate surface area is 113 Å².